The largest absolute Gasteiger partial charge is 0.481 e. The van der Waals surface area contributed by atoms with Crippen LogP contribution < -0.4 is 5.73 Å². The van der Waals surface area contributed by atoms with Gasteiger partial charge in [0.1, 0.15) is 6.04 Å². The van der Waals surface area contributed by atoms with Gasteiger partial charge in [0, 0.05) is 27.7 Å². The van der Waals surface area contributed by atoms with E-state index in [1.807, 2.05) is 0 Å². The fraction of sp³-hybridized carbons (Fsp3) is 0.500. The zero-order chi connectivity index (χ0) is 21.7. The second-order valence-electron chi connectivity index (χ2n) is 3.62. The minimum absolute atomic E-state index is 0.532. The van der Waals surface area contributed by atoms with Gasteiger partial charge in [-0.2, -0.15) is 0 Å². The van der Waals surface area contributed by atoms with E-state index < -0.39 is 48.3 Å². The summed E-state index contributed by atoms with van der Waals surface area (Å²) in [6, 6.07) is -1.29. The van der Waals surface area contributed by atoms with E-state index in [9.17, 15) is 9.59 Å². The number of carboxylic acid groups (broad SMARTS) is 6. The smallest absolute Gasteiger partial charge is 0.321 e. The Labute approximate surface area is 142 Å². The van der Waals surface area contributed by atoms with Crippen LogP contribution in [0.1, 0.15) is 34.1 Å². The third-order valence-corrected chi connectivity index (χ3v) is 0.712. The van der Waals surface area contributed by atoms with E-state index in [0.717, 1.165) is 27.7 Å². The van der Waals surface area contributed by atoms with Gasteiger partial charge in [-0.25, -0.2) is 0 Å². The van der Waals surface area contributed by atoms with Crippen LogP contribution in [0.5, 0.6) is 0 Å². The molecule has 148 valence electrons. The first-order valence-corrected chi connectivity index (χ1v) is 5.95. The monoisotopic (exact) mass is 373 g/mol. The van der Waals surface area contributed by atoms with Crippen molar-refractivity contribution in [2.24, 2.45) is 5.73 Å². The van der Waals surface area contributed by atoms with E-state index in [2.05, 4.69) is 0 Å². The maximum absolute atomic E-state index is 9.85. The highest BCUT2D eigenvalue weighted by Crippen LogP contribution is 1.86. The molecule has 0 aliphatic rings. The first-order valence-electron chi connectivity index (χ1n) is 5.95. The van der Waals surface area contributed by atoms with Crippen molar-refractivity contribution >= 4 is 35.8 Å². The van der Waals surface area contributed by atoms with Crippen molar-refractivity contribution in [3.05, 3.63) is 0 Å². The summed E-state index contributed by atoms with van der Waals surface area (Å²) in [5.41, 5.74) is 4.84. The molecule has 0 amide bonds. The lowest BCUT2D eigenvalue weighted by molar-refractivity contribution is -0.144. The van der Waals surface area contributed by atoms with E-state index in [1.165, 1.54) is 0 Å². The Morgan fingerprint density at radius 3 is 0.840 bits per heavy atom. The molecular formula is C12H23NO12. The van der Waals surface area contributed by atoms with Gasteiger partial charge in [0.25, 0.3) is 23.9 Å². The lowest BCUT2D eigenvalue weighted by Crippen LogP contribution is -2.32. The van der Waals surface area contributed by atoms with E-state index in [0.29, 0.717) is 0 Å². The molecule has 0 aliphatic carbocycles. The van der Waals surface area contributed by atoms with Crippen molar-refractivity contribution in [1.82, 2.24) is 0 Å². The predicted octanol–water partition coefficient (Wildman–Crippen LogP) is -0.763. The van der Waals surface area contributed by atoms with E-state index >= 15 is 0 Å². The van der Waals surface area contributed by atoms with E-state index in [1.54, 1.807) is 0 Å². The molecule has 0 aliphatic heterocycles. The molecule has 1 unspecified atom stereocenters. The van der Waals surface area contributed by atoms with Gasteiger partial charge in [0.15, 0.2) is 0 Å². The van der Waals surface area contributed by atoms with Crippen molar-refractivity contribution in [1.29, 1.82) is 0 Å². The van der Waals surface area contributed by atoms with Crippen LogP contribution in [-0.4, -0.2) is 72.5 Å². The first-order chi connectivity index (χ1) is 11.0. The molecule has 0 heterocycles. The molecule has 0 bridgehead atoms. The van der Waals surface area contributed by atoms with Crippen LogP contribution >= 0.6 is 0 Å². The Kier molecular flexibility index (Phi) is 30.8. The third kappa shape index (κ3) is 321. The van der Waals surface area contributed by atoms with Gasteiger partial charge in [-0.15, -0.1) is 0 Å². The van der Waals surface area contributed by atoms with Crippen molar-refractivity contribution < 1.29 is 59.4 Å². The Morgan fingerprint density at radius 1 is 0.640 bits per heavy atom. The standard InChI is InChI=1S/C4H7NO4.4C2H4O2/c5-2(4(8)9)1-3(6)7;4*1-2(3)4/h2H,1,5H2,(H,6,7)(H,8,9);4*1H3,(H,3,4). The molecule has 8 N–H and O–H groups in total. The number of hydrogen-bond donors (Lipinski definition) is 7. The van der Waals surface area contributed by atoms with Crippen LogP contribution in [-0.2, 0) is 28.8 Å². The Morgan fingerprint density at radius 2 is 0.800 bits per heavy atom. The second kappa shape index (κ2) is 23.1. The van der Waals surface area contributed by atoms with Gasteiger partial charge < -0.3 is 36.4 Å². The summed E-state index contributed by atoms with van der Waals surface area (Å²) >= 11 is 0. The second-order valence-corrected chi connectivity index (χ2v) is 3.62. The van der Waals surface area contributed by atoms with Gasteiger partial charge in [0.05, 0.1) is 6.42 Å². The third-order valence-electron chi connectivity index (χ3n) is 0.712. The molecule has 0 aromatic heterocycles. The van der Waals surface area contributed by atoms with Crippen LogP contribution in [0.2, 0.25) is 0 Å². The maximum Gasteiger partial charge on any atom is 0.321 e. The quantitative estimate of drug-likeness (QED) is 0.321. The number of carbonyl (C=O) groups is 6. The van der Waals surface area contributed by atoms with Crippen molar-refractivity contribution in [3.8, 4) is 0 Å². The number of carboxylic acids is 6. The number of aliphatic carboxylic acids is 6. The molecule has 0 fully saturated rings. The number of nitrogens with two attached hydrogens (primary N) is 1. The van der Waals surface area contributed by atoms with Crippen LogP contribution in [0.15, 0.2) is 0 Å². The molecule has 0 aromatic carbocycles. The normalized spacial score (nSPS) is 8.52. The van der Waals surface area contributed by atoms with Crippen molar-refractivity contribution in [2.45, 2.75) is 40.2 Å². The lowest BCUT2D eigenvalue weighted by atomic mass is 10.2. The topological polar surface area (TPSA) is 250 Å². The summed E-state index contributed by atoms with van der Waals surface area (Å²) in [6.45, 7) is 4.33. The fourth-order valence-corrected chi connectivity index (χ4v) is 0.275. The average Bonchev–Trinajstić information content (AvgIpc) is 2.23. The average molecular weight is 373 g/mol. The minimum Gasteiger partial charge on any atom is -0.481 e. The summed E-state index contributed by atoms with van der Waals surface area (Å²) < 4.78 is 0. The molecular weight excluding hydrogens is 350 g/mol. The SMILES string of the molecule is CC(=O)O.CC(=O)O.CC(=O)O.CC(=O)O.NC(CC(=O)O)C(=O)O. The molecule has 25 heavy (non-hydrogen) atoms. The van der Waals surface area contributed by atoms with Crippen LogP contribution in [0.3, 0.4) is 0 Å². The molecule has 1 atom stereocenters. The molecule has 13 nitrogen and oxygen atoms in total. The molecule has 0 saturated carbocycles. The van der Waals surface area contributed by atoms with Crippen molar-refractivity contribution in [3.63, 3.8) is 0 Å². The molecule has 0 spiro atoms. The summed E-state index contributed by atoms with van der Waals surface area (Å²) in [5.74, 6) is -5.83. The summed E-state index contributed by atoms with van der Waals surface area (Å²) in [7, 11) is 0. The molecule has 0 rings (SSSR count). The molecule has 13 heteroatoms. The molecule has 0 radical (unpaired) electrons. The Bertz CT molecular complexity index is 368. The summed E-state index contributed by atoms with van der Waals surface area (Å²) in [4.78, 5) is 55.6. The zero-order valence-electron chi connectivity index (χ0n) is 14.0. The molecule has 0 saturated heterocycles. The van der Waals surface area contributed by atoms with Crippen molar-refractivity contribution in [2.75, 3.05) is 0 Å². The number of rotatable bonds is 3. The summed E-state index contributed by atoms with van der Waals surface area (Å²) in [6.07, 6.45) is -0.532. The first kappa shape index (κ1) is 33.4. The van der Waals surface area contributed by atoms with Crippen LogP contribution in [0, 0.1) is 0 Å². The van der Waals surface area contributed by atoms with E-state index in [-0.39, 0.29) is 0 Å². The molecule has 0 aromatic rings. The summed E-state index contributed by atoms with van der Waals surface area (Å²) in [5, 5.41) is 45.7. The van der Waals surface area contributed by atoms with Gasteiger partial charge in [-0.05, 0) is 0 Å². The van der Waals surface area contributed by atoms with Crippen LogP contribution in [0.4, 0.5) is 0 Å². The van der Waals surface area contributed by atoms with Gasteiger partial charge in [-0.3, -0.25) is 28.8 Å². The van der Waals surface area contributed by atoms with Gasteiger partial charge in [-0.1, -0.05) is 0 Å². The minimum atomic E-state index is -1.29. The predicted molar refractivity (Wildman–Crippen MR) is 81.1 cm³/mol. The highest BCUT2D eigenvalue weighted by atomic mass is 16.4. The van der Waals surface area contributed by atoms with Gasteiger partial charge in [0.2, 0.25) is 0 Å². The Balaban J connectivity index is -0.0000000714. The number of hydrogen-bond acceptors (Lipinski definition) is 7. The maximum atomic E-state index is 9.85. The zero-order valence-corrected chi connectivity index (χ0v) is 14.0. The van der Waals surface area contributed by atoms with Gasteiger partial charge >= 0.3 is 11.9 Å². The Hall–Kier alpha value is -3.22. The lowest BCUT2D eigenvalue weighted by Gasteiger charge is -1.99. The van der Waals surface area contributed by atoms with Crippen LogP contribution in [0.25, 0.3) is 0 Å². The van der Waals surface area contributed by atoms with E-state index in [4.69, 9.17) is 55.6 Å². The highest BCUT2D eigenvalue weighted by Gasteiger charge is 2.14. The fourth-order valence-electron chi connectivity index (χ4n) is 0.275. The highest BCUT2D eigenvalue weighted by molar-refractivity contribution is 5.80.